The molecular weight excluding hydrogens is 530 g/mol. The second kappa shape index (κ2) is 12.3. The summed E-state index contributed by atoms with van der Waals surface area (Å²) >= 11 is 0. The van der Waals surface area contributed by atoms with Crippen LogP contribution in [-0.2, 0) is 22.5 Å². The number of pyridine rings is 1. The standard InChI is InChI=1S/C34H33N3O5/c1-36(18-16-26-8-4-5-17-35-26)21-28-20-31(24-14-12-23(22-38)13-15-24)42-34(41-28)25-7-6-9-27(19-25)37-32(39)29-10-2-3-11-30(29)33(37)40/h2-15,17,19,28,31,34,38H,16,18,20-22H2,1H3. The van der Waals surface area contributed by atoms with Crippen molar-refractivity contribution in [3.8, 4) is 0 Å². The van der Waals surface area contributed by atoms with Crippen LogP contribution in [0.1, 0.15) is 61.9 Å². The van der Waals surface area contributed by atoms with Crippen LogP contribution < -0.4 is 4.90 Å². The van der Waals surface area contributed by atoms with Crippen molar-refractivity contribution in [2.24, 2.45) is 0 Å². The third-order valence-corrected chi connectivity index (χ3v) is 7.80. The number of imide groups is 1. The van der Waals surface area contributed by atoms with Crippen molar-refractivity contribution in [1.82, 2.24) is 9.88 Å². The Hall–Kier alpha value is -4.21. The molecule has 6 rings (SSSR count). The number of benzene rings is 3. The highest BCUT2D eigenvalue weighted by atomic mass is 16.7. The van der Waals surface area contributed by atoms with E-state index in [0.29, 0.717) is 29.8 Å². The lowest BCUT2D eigenvalue weighted by Crippen LogP contribution is -2.38. The summed E-state index contributed by atoms with van der Waals surface area (Å²) in [5, 5.41) is 9.50. The van der Waals surface area contributed by atoms with Crippen molar-refractivity contribution in [3.05, 3.63) is 131 Å². The summed E-state index contributed by atoms with van der Waals surface area (Å²) < 4.78 is 13.0. The van der Waals surface area contributed by atoms with E-state index in [1.807, 2.05) is 60.8 Å². The Morgan fingerprint density at radius 2 is 1.62 bits per heavy atom. The number of likely N-dealkylation sites (N-methyl/N-ethyl adjacent to an activating group) is 1. The maximum absolute atomic E-state index is 13.1. The fourth-order valence-electron chi connectivity index (χ4n) is 5.56. The third kappa shape index (κ3) is 5.89. The van der Waals surface area contributed by atoms with Gasteiger partial charge < -0.3 is 19.5 Å². The van der Waals surface area contributed by atoms with Crippen molar-refractivity contribution in [2.75, 3.05) is 25.0 Å². The van der Waals surface area contributed by atoms with E-state index in [1.165, 1.54) is 4.90 Å². The Bertz CT molecular complexity index is 1520. The molecule has 0 spiro atoms. The minimum absolute atomic E-state index is 0.0220. The van der Waals surface area contributed by atoms with Crippen molar-refractivity contribution in [2.45, 2.75) is 37.9 Å². The number of nitrogens with zero attached hydrogens (tertiary/aromatic N) is 3. The molecule has 1 N–H and O–H groups in total. The van der Waals surface area contributed by atoms with E-state index < -0.39 is 6.29 Å². The predicted molar refractivity (Wildman–Crippen MR) is 158 cm³/mol. The average molecular weight is 564 g/mol. The minimum Gasteiger partial charge on any atom is -0.392 e. The molecule has 1 aromatic heterocycles. The molecule has 3 atom stereocenters. The van der Waals surface area contributed by atoms with E-state index in [1.54, 1.807) is 36.4 Å². The van der Waals surface area contributed by atoms with Crippen LogP contribution >= 0.6 is 0 Å². The lowest BCUT2D eigenvalue weighted by molar-refractivity contribution is -0.252. The molecule has 214 valence electrons. The molecular formula is C34H33N3O5. The lowest BCUT2D eigenvalue weighted by atomic mass is 9.99. The van der Waals surface area contributed by atoms with Crippen LogP contribution in [0.2, 0.25) is 0 Å². The van der Waals surface area contributed by atoms with Gasteiger partial charge in [0.05, 0.1) is 35.6 Å². The van der Waals surface area contributed by atoms with E-state index in [4.69, 9.17) is 9.47 Å². The fourth-order valence-corrected chi connectivity index (χ4v) is 5.56. The zero-order valence-corrected chi connectivity index (χ0v) is 23.4. The highest BCUT2D eigenvalue weighted by molar-refractivity contribution is 6.34. The number of aliphatic hydroxyl groups is 1. The van der Waals surface area contributed by atoms with Crippen molar-refractivity contribution in [1.29, 1.82) is 0 Å². The molecule has 4 aromatic rings. The van der Waals surface area contributed by atoms with Gasteiger partial charge >= 0.3 is 0 Å². The van der Waals surface area contributed by atoms with Crippen molar-refractivity contribution >= 4 is 17.5 Å². The van der Waals surface area contributed by atoms with E-state index >= 15 is 0 Å². The molecule has 2 aliphatic heterocycles. The minimum atomic E-state index is -0.703. The van der Waals surface area contributed by atoms with E-state index in [0.717, 1.165) is 35.3 Å². The van der Waals surface area contributed by atoms with Gasteiger partial charge in [-0.05, 0) is 54.6 Å². The quantitative estimate of drug-likeness (QED) is 0.284. The highest BCUT2D eigenvalue weighted by Crippen LogP contribution is 2.39. The summed E-state index contributed by atoms with van der Waals surface area (Å²) in [6.45, 7) is 1.50. The molecule has 0 radical (unpaired) electrons. The van der Waals surface area contributed by atoms with Gasteiger partial charge in [-0.25, -0.2) is 4.90 Å². The number of fused-ring (bicyclic) bond motifs is 1. The molecule has 42 heavy (non-hydrogen) atoms. The molecule has 1 saturated heterocycles. The largest absolute Gasteiger partial charge is 0.392 e. The summed E-state index contributed by atoms with van der Waals surface area (Å²) in [4.78, 5) is 34.2. The SMILES string of the molecule is CN(CCc1ccccn1)CC1CC(c2ccc(CO)cc2)OC(c2cccc(N3C(=O)c4ccccc4C3=O)c2)O1. The Balaban J connectivity index is 1.23. The van der Waals surface area contributed by atoms with Crippen LogP contribution in [0.15, 0.2) is 97.2 Å². The second-order valence-corrected chi connectivity index (χ2v) is 10.8. The Morgan fingerprint density at radius 3 is 2.31 bits per heavy atom. The van der Waals surface area contributed by atoms with Crippen LogP contribution in [-0.4, -0.2) is 53.0 Å². The van der Waals surface area contributed by atoms with E-state index in [2.05, 4.69) is 16.9 Å². The molecule has 0 aliphatic carbocycles. The number of carbonyl (C=O) groups excluding carboxylic acids is 2. The predicted octanol–water partition coefficient (Wildman–Crippen LogP) is 5.09. The first-order chi connectivity index (χ1) is 20.5. The number of aromatic nitrogens is 1. The van der Waals surface area contributed by atoms with Gasteiger partial charge in [0.15, 0.2) is 6.29 Å². The van der Waals surface area contributed by atoms with Gasteiger partial charge in [-0.3, -0.25) is 14.6 Å². The molecule has 8 heteroatoms. The van der Waals surface area contributed by atoms with Gasteiger partial charge in [-0.1, -0.05) is 54.6 Å². The van der Waals surface area contributed by atoms with Crippen LogP contribution in [0.5, 0.6) is 0 Å². The highest BCUT2D eigenvalue weighted by Gasteiger charge is 2.37. The molecule has 8 nitrogen and oxygen atoms in total. The lowest BCUT2D eigenvalue weighted by Gasteiger charge is -2.38. The smallest absolute Gasteiger partial charge is 0.266 e. The average Bonchev–Trinajstić information content (AvgIpc) is 3.29. The first-order valence-corrected chi connectivity index (χ1v) is 14.2. The van der Waals surface area contributed by atoms with E-state index in [-0.39, 0.29) is 30.6 Å². The molecule has 0 bridgehead atoms. The Kier molecular flexibility index (Phi) is 8.21. The molecule has 0 saturated carbocycles. The van der Waals surface area contributed by atoms with Gasteiger partial charge in [0.1, 0.15) is 0 Å². The summed E-state index contributed by atoms with van der Waals surface area (Å²) in [7, 11) is 2.07. The number of hydrogen-bond acceptors (Lipinski definition) is 7. The summed E-state index contributed by atoms with van der Waals surface area (Å²) in [6, 6.07) is 27.8. The van der Waals surface area contributed by atoms with Crippen molar-refractivity contribution in [3.63, 3.8) is 0 Å². The summed E-state index contributed by atoms with van der Waals surface area (Å²) in [5.74, 6) is -0.681. The monoisotopic (exact) mass is 563 g/mol. The molecule has 3 unspecified atom stereocenters. The third-order valence-electron chi connectivity index (χ3n) is 7.80. The number of carbonyl (C=O) groups is 2. The zero-order chi connectivity index (χ0) is 29.1. The number of ether oxygens (including phenoxy) is 2. The second-order valence-electron chi connectivity index (χ2n) is 10.8. The first kappa shape index (κ1) is 27.9. The van der Waals surface area contributed by atoms with Gasteiger partial charge in [0, 0.05) is 43.4 Å². The van der Waals surface area contributed by atoms with Crippen LogP contribution in [0.3, 0.4) is 0 Å². The molecule has 3 heterocycles. The zero-order valence-electron chi connectivity index (χ0n) is 23.4. The molecule has 2 amide bonds. The fraction of sp³-hybridized carbons (Fsp3) is 0.265. The number of rotatable bonds is 9. The topological polar surface area (TPSA) is 92.2 Å². The normalized spacial score (nSPS) is 20.3. The first-order valence-electron chi connectivity index (χ1n) is 14.2. The van der Waals surface area contributed by atoms with Gasteiger partial charge in [0.2, 0.25) is 0 Å². The molecule has 1 fully saturated rings. The van der Waals surface area contributed by atoms with Crippen LogP contribution in [0.4, 0.5) is 5.69 Å². The number of anilines is 1. The summed E-state index contributed by atoms with van der Waals surface area (Å²) in [5.41, 5.74) is 4.88. The Morgan fingerprint density at radius 1 is 0.881 bits per heavy atom. The maximum Gasteiger partial charge on any atom is 0.266 e. The number of aliphatic hydroxyl groups excluding tert-OH is 1. The van der Waals surface area contributed by atoms with Crippen LogP contribution in [0.25, 0.3) is 0 Å². The summed E-state index contributed by atoms with van der Waals surface area (Å²) in [6.07, 6.45) is 2.21. The number of amides is 2. The molecule has 2 aliphatic rings. The van der Waals surface area contributed by atoms with Gasteiger partial charge in [0.25, 0.3) is 11.8 Å². The van der Waals surface area contributed by atoms with Gasteiger partial charge in [-0.2, -0.15) is 0 Å². The maximum atomic E-state index is 13.1. The van der Waals surface area contributed by atoms with Crippen molar-refractivity contribution < 1.29 is 24.2 Å². The molecule has 3 aromatic carbocycles. The number of hydrogen-bond donors (Lipinski definition) is 1. The Labute approximate surface area is 245 Å². The van der Waals surface area contributed by atoms with E-state index in [9.17, 15) is 14.7 Å². The van der Waals surface area contributed by atoms with Gasteiger partial charge in [-0.15, -0.1) is 0 Å². The van der Waals surface area contributed by atoms with Crippen LogP contribution in [0, 0.1) is 0 Å².